The van der Waals surface area contributed by atoms with E-state index >= 15 is 0 Å². The van der Waals surface area contributed by atoms with Crippen LogP contribution in [0, 0.1) is 0 Å². The smallest absolute Gasteiger partial charge is 0.335 e. The minimum absolute atomic E-state index is 0.214. The van der Waals surface area contributed by atoms with E-state index in [0.717, 1.165) is 17.0 Å². The van der Waals surface area contributed by atoms with E-state index in [9.17, 15) is 4.79 Å². The molecule has 21 heavy (non-hydrogen) atoms. The number of nitrogens with zero attached hydrogens (tertiary/aromatic N) is 3. The maximum Gasteiger partial charge on any atom is 0.335 e. The van der Waals surface area contributed by atoms with Crippen molar-refractivity contribution in [1.82, 2.24) is 14.5 Å². The van der Waals surface area contributed by atoms with Crippen molar-refractivity contribution in [2.24, 2.45) is 0 Å². The molecule has 0 bridgehead atoms. The second kappa shape index (κ2) is 5.01. The molecular formula is C16H15N3O2. The number of fused-ring (bicyclic) bond motifs is 1. The number of imidazole rings is 1. The molecule has 106 valence electrons. The van der Waals surface area contributed by atoms with E-state index in [2.05, 4.69) is 23.8 Å². The highest BCUT2D eigenvalue weighted by molar-refractivity contribution is 5.92. The number of benzene rings is 1. The molecule has 0 unspecified atom stereocenters. The third kappa shape index (κ3) is 2.27. The lowest BCUT2D eigenvalue weighted by Crippen LogP contribution is -2.03. The van der Waals surface area contributed by atoms with Crippen molar-refractivity contribution < 1.29 is 9.90 Å². The van der Waals surface area contributed by atoms with Gasteiger partial charge in [0.05, 0.1) is 28.5 Å². The number of hydrogen-bond donors (Lipinski definition) is 1. The van der Waals surface area contributed by atoms with Crippen molar-refractivity contribution in [3.63, 3.8) is 0 Å². The van der Waals surface area contributed by atoms with Crippen LogP contribution in [0.2, 0.25) is 0 Å². The summed E-state index contributed by atoms with van der Waals surface area (Å²) < 4.78 is 2.03. The molecule has 0 saturated heterocycles. The molecule has 0 fully saturated rings. The van der Waals surface area contributed by atoms with Crippen molar-refractivity contribution >= 4 is 17.0 Å². The predicted molar refractivity (Wildman–Crippen MR) is 79.9 cm³/mol. The maximum absolute atomic E-state index is 11.1. The molecule has 0 aliphatic heterocycles. The van der Waals surface area contributed by atoms with Crippen molar-refractivity contribution in [1.29, 1.82) is 0 Å². The average molecular weight is 281 g/mol. The highest BCUT2D eigenvalue weighted by atomic mass is 16.4. The fourth-order valence-corrected chi connectivity index (χ4v) is 2.38. The van der Waals surface area contributed by atoms with Crippen LogP contribution in [0.25, 0.3) is 16.7 Å². The summed E-state index contributed by atoms with van der Waals surface area (Å²) in [6, 6.07) is 8.84. The van der Waals surface area contributed by atoms with Crippen LogP contribution in [-0.4, -0.2) is 25.6 Å². The fourth-order valence-electron chi connectivity index (χ4n) is 2.38. The number of carbonyl (C=O) groups is 1. The molecule has 0 saturated carbocycles. The van der Waals surface area contributed by atoms with Crippen LogP contribution in [0.5, 0.6) is 0 Å². The van der Waals surface area contributed by atoms with Gasteiger partial charge in [-0.15, -0.1) is 0 Å². The van der Waals surface area contributed by atoms with E-state index in [1.165, 1.54) is 0 Å². The Balaban J connectivity index is 2.31. The molecule has 0 amide bonds. The standard InChI is InChI=1S/C16H15N3O2/c1-10(2)15-18-13-8-11(16(20)21)5-6-14(13)19(15)12-4-3-7-17-9-12/h3-10H,1-2H3,(H,20,21). The molecule has 0 aliphatic carbocycles. The minimum Gasteiger partial charge on any atom is -0.478 e. The van der Waals surface area contributed by atoms with Gasteiger partial charge in [0.1, 0.15) is 5.82 Å². The van der Waals surface area contributed by atoms with Gasteiger partial charge in [-0.3, -0.25) is 9.55 Å². The van der Waals surface area contributed by atoms with E-state index in [0.29, 0.717) is 5.52 Å². The Hall–Kier alpha value is -2.69. The Bertz CT molecular complexity index is 807. The summed E-state index contributed by atoms with van der Waals surface area (Å²) >= 11 is 0. The molecule has 5 nitrogen and oxygen atoms in total. The van der Waals surface area contributed by atoms with Crippen LogP contribution in [0.1, 0.15) is 35.9 Å². The molecule has 1 aromatic carbocycles. The Morgan fingerprint density at radius 2 is 2.10 bits per heavy atom. The van der Waals surface area contributed by atoms with Crippen LogP contribution in [-0.2, 0) is 0 Å². The van der Waals surface area contributed by atoms with Crippen LogP contribution < -0.4 is 0 Å². The van der Waals surface area contributed by atoms with Gasteiger partial charge >= 0.3 is 5.97 Å². The van der Waals surface area contributed by atoms with Gasteiger partial charge in [-0.1, -0.05) is 13.8 Å². The first-order valence-electron chi connectivity index (χ1n) is 6.74. The molecule has 0 spiro atoms. The number of aromatic carboxylic acids is 1. The van der Waals surface area contributed by atoms with Gasteiger partial charge in [-0.25, -0.2) is 9.78 Å². The molecule has 2 heterocycles. The quantitative estimate of drug-likeness (QED) is 0.800. The van der Waals surface area contributed by atoms with Gasteiger partial charge in [-0.05, 0) is 30.3 Å². The first-order valence-corrected chi connectivity index (χ1v) is 6.74. The normalized spacial score (nSPS) is 11.2. The molecule has 3 rings (SSSR count). The van der Waals surface area contributed by atoms with Gasteiger partial charge < -0.3 is 5.11 Å². The van der Waals surface area contributed by atoms with Gasteiger partial charge in [0.2, 0.25) is 0 Å². The molecule has 0 atom stereocenters. The summed E-state index contributed by atoms with van der Waals surface area (Å²) in [5.41, 5.74) is 2.74. The van der Waals surface area contributed by atoms with Gasteiger partial charge in [-0.2, -0.15) is 0 Å². The monoisotopic (exact) mass is 281 g/mol. The highest BCUT2D eigenvalue weighted by Crippen LogP contribution is 2.26. The first kappa shape index (κ1) is 13.3. The van der Waals surface area contributed by atoms with E-state index in [4.69, 9.17) is 5.11 Å². The third-order valence-electron chi connectivity index (χ3n) is 3.35. The summed E-state index contributed by atoms with van der Waals surface area (Å²) in [4.78, 5) is 19.9. The molecular weight excluding hydrogens is 266 g/mol. The Kier molecular flexibility index (Phi) is 3.17. The SMILES string of the molecule is CC(C)c1nc2cc(C(=O)O)ccc2n1-c1cccnc1. The number of carboxylic acids is 1. The highest BCUT2D eigenvalue weighted by Gasteiger charge is 2.16. The van der Waals surface area contributed by atoms with Crippen LogP contribution in [0.3, 0.4) is 0 Å². The van der Waals surface area contributed by atoms with Gasteiger partial charge in [0.25, 0.3) is 0 Å². The Labute approximate surface area is 121 Å². The van der Waals surface area contributed by atoms with E-state index in [1.807, 2.05) is 16.7 Å². The second-order valence-corrected chi connectivity index (χ2v) is 5.18. The average Bonchev–Trinajstić information content (AvgIpc) is 2.86. The van der Waals surface area contributed by atoms with E-state index < -0.39 is 5.97 Å². The zero-order valence-electron chi connectivity index (χ0n) is 11.8. The zero-order valence-corrected chi connectivity index (χ0v) is 11.8. The molecule has 5 heteroatoms. The van der Waals surface area contributed by atoms with Gasteiger partial charge in [0.15, 0.2) is 0 Å². The zero-order chi connectivity index (χ0) is 15.0. The lowest BCUT2D eigenvalue weighted by molar-refractivity contribution is 0.0697. The second-order valence-electron chi connectivity index (χ2n) is 5.18. The van der Waals surface area contributed by atoms with Crippen molar-refractivity contribution in [3.8, 4) is 5.69 Å². The summed E-state index contributed by atoms with van der Waals surface area (Å²) in [6.07, 6.45) is 3.50. The number of hydrogen-bond acceptors (Lipinski definition) is 3. The van der Waals surface area contributed by atoms with Crippen LogP contribution in [0.15, 0.2) is 42.7 Å². The lowest BCUT2D eigenvalue weighted by Gasteiger charge is -2.10. The van der Waals surface area contributed by atoms with Crippen LogP contribution in [0.4, 0.5) is 0 Å². The number of carboxylic acid groups (broad SMARTS) is 1. The lowest BCUT2D eigenvalue weighted by atomic mass is 10.2. The minimum atomic E-state index is -0.945. The fraction of sp³-hybridized carbons (Fsp3) is 0.188. The molecule has 1 N–H and O–H groups in total. The molecule has 3 aromatic rings. The number of aromatic nitrogens is 3. The first-order chi connectivity index (χ1) is 10.1. The Morgan fingerprint density at radius 3 is 2.71 bits per heavy atom. The van der Waals surface area contributed by atoms with Crippen molar-refractivity contribution in [2.45, 2.75) is 19.8 Å². The Morgan fingerprint density at radius 1 is 1.29 bits per heavy atom. The molecule has 2 aromatic heterocycles. The summed E-state index contributed by atoms with van der Waals surface area (Å²) in [7, 11) is 0. The summed E-state index contributed by atoms with van der Waals surface area (Å²) in [5, 5.41) is 9.10. The van der Waals surface area contributed by atoms with Crippen LogP contribution >= 0.6 is 0 Å². The topological polar surface area (TPSA) is 68.0 Å². The number of pyridine rings is 1. The van der Waals surface area contributed by atoms with Crippen molar-refractivity contribution in [3.05, 3.63) is 54.1 Å². The summed E-state index contributed by atoms with van der Waals surface area (Å²) in [5.74, 6) is 0.158. The van der Waals surface area contributed by atoms with Gasteiger partial charge in [0, 0.05) is 12.1 Å². The third-order valence-corrected chi connectivity index (χ3v) is 3.35. The van der Waals surface area contributed by atoms with E-state index in [1.54, 1.807) is 30.6 Å². The summed E-state index contributed by atoms with van der Waals surface area (Å²) in [6.45, 7) is 4.12. The maximum atomic E-state index is 11.1. The predicted octanol–water partition coefficient (Wildman–Crippen LogP) is 3.24. The van der Waals surface area contributed by atoms with Crippen molar-refractivity contribution in [2.75, 3.05) is 0 Å². The molecule has 0 aliphatic rings. The molecule has 0 radical (unpaired) electrons. The van der Waals surface area contributed by atoms with E-state index in [-0.39, 0.29) is 11.5 Å². The largest absolute Gasteiger partial charge is 0.478 e. The number of rotatable bonds is 3.